The van der Waals surface area contributed by atoms with Gasteiger partial charge in [-0.3, -0.25) is 4.79 Å². The maximum Gasteiger partial charge on any atom is 0.320 e. The van der Waals surface area contributed by atoms with Crippen LogP contribution >= 0.6 is 0 Å². The third-order valence-electron chi connectivity index (χ3n) is 3.38. The van der Waals surface area contributed by atoms with Crippen LogP contribution in [0.2, 0.25) is 0 Å². The van der Waals surface area contributed by atoms with Gasteiger partial charge in [0.25, 0.3) is 0 Å². The van der Waals surface area contributed by atoms with Gasteiger partial charge in [0.15, 0.2) is 0 Å². The summed E-state index contributed by atoms with van der Waals surface area (Å²) in [5.74, 6) is -1.27. The Morgan fingerprint density at radius 1 is 1.29 bits per heavy atom. The van der Waals surface area contributed by atoms with Crippen molar-refractivity contribution in [2.45, 2.75) is 25.3 Å². The molecule has 2 N–H and O–H groups in total. The molecule has 1 saturated heterocycles. The first-order valence-electron chi connectivity index (χ1n) is 6.02. The van der Waals surface area contributed by atoms with Crippen molar-refractivity contribution in [1.82, 2.24) is 9.80 Å². The second-order valence-corrected chi connectivity index (χ2v) is 4.70. The van der Waals surface area contributed by atoms with Gasteiger partial charge in [0.1, 0.15) is 0 Å². The van der Waals surface area contributed by atoms with E-state index < -0.39 is 11.9 Å². The predicted molar refractivity (Wildman–Crippen MR) is 59.5 cm³/mol. The van der Waals surface area contributed by atoms with Crippen molar-refractivity contribution >= 4 is 12.0 Å². The number of nitrogens with zero attached hydrogens (tertiary/aromatic N) is 2. The Kier molecular flexibility index (Phi) is 3.51. The largest absolute Gasteiger partial charge is 0.481 e. The monoisotopic (exact) mass is 242 g/mol. The molecule has 0 aromatic rings. The number of rotatable bonds is 4. The molecule has 2 fully saturated rings. The van der Waals surface area contributed by atoms with E-state index in [1.807, 2.05) is 0 Å². The van der Waals surface area contributed by atoms with Gasteiger partial charge in [-0.2, -0.15) is 0 Å². The number of urea groups is 1. The van der Waals surface area contributed by atoms with E-state index in [4.69, 9.17) is 10.2 Å². The molecule has 6 nitrogen and oxygen atoms in total. The maximum atomic E-state index is 12.1. The van der Waals surface area contributed by atoms with Crippen LogP contribution in [-0.2, 0) is 4.79 Å². The molecule has 1 aliphatic heterocycles. The summed E-state index contributed by atoms with van der Waals surface area (Å²) in [6.45, 7) is 1.10. The van der Waals surface area contributed by atoms with Crippen LogP contribution in [0.3, 0.4) is 0 Å². The average molecular weight is 242 g/mol. The topological polar surface area (TPSA) is 81.1 Å². The van der Waals surface area contributed by atoms with Gasteiger partial charge in [-0.05, 0) is 19.3 Å². The summed E-state index contributed by atoms with van der Waals surface area (Å²) in [5.41, 5.74) is 0. The molecule has 0 radical (unpaired) electrons. The Morgan fingerprint density at radius 2 is 2.00 bits per heavy atom. The fourth-order valence-corrected chi connectivity index (χ4v) is 2.25. The minimum atomic E-state index is -0.833. The van der Waals surface area contributed by atoms with Crippen molar-refractivity contribution in [3.05, 3.63) is 0 Å². The molecule has 0 aromatic heterocycles. The summed E-state index contributed by atoms with van der Waals surface area (Å²) in [6, 6.07) is 0.129. The molecule has 1 unspecified atom stereocenters. The molecule has 2 amide bonds. The van der Waals surface area contributed by atoms with Crippen molar-refractivity contribution in [1.29, 1.82) is 0 Å². The Bertz CT molecular complexity index is 317. The van der Waals surface area contributed by atoms with Crippen LogP contribution in [0, 0.1) is 5.92 Å². The molecule has 17 heavy (non-hydrogen) atoms. The Morgan fingerprint density at radius 3 is 2.47 bits per heavy atom. The molecular formula is C11H18N2O4. The highest BCUT2D eigenvalue weighted by Gasteiger charge is 2.38. The van der Waals surface area contributed by atoms with E-state index in [0.717, 1.165) is 12.8 Å². The van der Waals surface area contributed by atoms with E-state index in [1.165, 1.54) is 0 Å². The van der Waals surface area contributed by atoms with Gasteiger partial charge in [-0.15, -0.1) is 0 Å². The SMILES string of the molecule is O=C(O)C1CCN(C(=O)N(CCO)C2CC2)C1. The summed E-state index contributed by atoms with van der Waals surface area (Å²) in [4.78, 5) is 26.2. The van der Waals surface area contributed by atoms with Crippen molar-refractivity contribution in [2.75, 3.05) is 26.2 Å². The number of carbonyl (C=O) groups is 2. The summed E-state index contributed by atoms with van der Waals surface area (Å²) in [5, 5.41) is 17.8. The predicted octanol–water partition coefficient (Wildman–Crippen LogP) is -0.0304. The number of carboxylic acid groups (broad SMARTS) is 1. The van der Waals surface area contributed by atoms with Crippen LogP contribution in [0.1, 0.15) is 19.3 Å². The number of likely N-dealkylation sites (tertiary alicyclic amines) is 1. The van der Waals surface area contributed by atoms with Gasteiger partial charge < -0.3 is 20.0 Å². The maximum absolute atomic E-state index is 12.1. The lowest BCUT2D eigenvalue weighted by Gasteiger charge is -2.27. The van der Waals surface area contributed by atoms with Crippen molar-refractivity contribution < 1.29 is 19.8 Å². The van der Waals surface area contributed by atoms with E-state index in [1.54, 1.807) is 9.80 Å². The quantitative estimate of drug-likeness (QED) is 0.725. The molecule has 0 spiro atoms. The number of carbonyl (C=O) groups excluding carboxylic acids is 1. The Hall–Kier alpha value is -1.30. The lowest BCUT2D eigenvalue weighted by Crippen LogP contribution is -2.44. The average Bonchev–Trinajstić information content (AvgIpc) is 3.00. The molecule has 2 aliphatic rings. The minimum absolute atomic E-state index is 0.0432. The molecule has 1 aliphatic carbocycles. The van der Waals surface area contributed by atoms with Crippen LogP contribution in [0.15, 0.2) is 0 Å². The fourth-order valence-electron chi connectivity index (χ4n) is 2.25. The molecule has 0 aromatic carbocycles. The number of aliphatic hydroxyl groups excluding tert-OH is 1. The highest BCUT2D eigenvalue weighted by Crippen LogP contribution is 2.28. The first-order valence-corrected chi connectivity index (χ1v) is 6.02. The number of aliphatic hydroxyl groups is 1. The van der Waals surface area contributed by atoms with Gasteiger partial charge in [-0.25, -0.2) is 4.79 Å². The molecular weight excluding hydrogens is 224 g/mol. The third kappa shape index (κ3) is 2.69. The van der Waals surface area contributed by atoms with Crippen molar-refractivity contribution in [3.63, 3.8) is 0 Å². The van der Waals surface area contributed by atoms with Gasteiger partial charge in [0, 0.05) is 25.7 Å². The highest BCUT2D eigenvalue weighted by atomic mass is 16.4. The van der Waals surface area contributed by atoms with Gasteiger partial charge in [0.2, 0.25) is 0 Å². The van der Waals surface area contributed by atoms with Crippen LogP contribution in [-0.4, -0.2) is 64.3 Å². The number of hydrogen-bond acceptors (Lipinski definition) is 3. The van der Waals surface area contributed by atoms with Gasteiger partial charge >= 0.3 is 12.0 Å². The van der Waals surface area contributed by atoms with Crippen molar-refractivity contribution in [3.8, 4) is 0 Å². The lowest BCUT2D eigenvalue weighted by atomic mass is 10.1. The molecule has 96 valence electrons. The summed E-state index contributed by atoms with van der Waals surface area (Å²) in [6.07, 6.45) is 2.50. The highest BCUT2D eigenvalue weighted by molar-refractivity contribution is 5.78. The third-order valence-corrected chi connectivity index (χ3v) is 3.38. The Balaban J connectivity index is 1.92. The number of hydrogen-bond donors (Lipinski definition) is 2. The van der Waals surface area contributed by atoms with E-state index in [0.29, 0.717) is 26.1 Å². The smallest absolute Gasteiger partial charge is 0.320 e. The van der Waals surface area contributed by atoms with Crippen molar-refractivity contribution in [2.24, 2.45) is 5.92 Å². The first kappa shape index (κ1) is 12.2. The fraction of sp³-hybridized carbons (Fsp3) is 0.818. The zero-order valence-electron chi connectivity index (χ0n) is 9.71. The summed E-state index contributed by atoms with van der Waals surface area (Å²) >= 11 is 0. The lowest BCUT2D eigenvalue weighted by molar-refractivity contribution is -0.141. The minimum Gasteiger partial charge on any atom is -0.481 e. The first-order chi connectivity index (χ1) is 8.13. The zero-order chi connectivity index (χ0) is 12.4. The van der Waals surface area contributed by atoms with E-state index in [-0.39, 0.29) is 18.7 Å². The van der Waals surface area contributed by atoms with Gasteiger partial charge in [-0.1, -0.05) is 0 Å². The standard InChI is InChI=1S/C11H18N2O4/c14-6-5-13(9-1-2-9)11(17)12-4-3-8(7-12)10(15)16/h8-9,14H,1-7H2,(H,15,16). The summed E-state index contributed by atoms with van der Waals surface area (Å²) in [7, 11) is 0. The van der Waals surface area contributed by atoms with Gasteiger partial charge in [0.05, 0.1) is 12.5 Å². The molecule has 1 saturated carbocycles. The van der Waals surface area contributed by atoms with E-state index in [2.05, 4.69) is 0 Å². The van der Waals surface area contributed by atoms with E-state index in [9.17, 15) is 9.59 Å². The molecule has 1 heterocycles. The molecule has 6 heteroatoms. The number of aliphatic carboxylic acids is 1. The van der Waals surface area contributed by atoms with E-state index >= 15 is 0 Å². The molecule has 2 rings (SSSR count). The normalized spacial score (nSPS) is 23.8. The van der Waals surface area contributed by atoms with Crippen LogP contribution in [0.4, 0.5) is 4.79 Å². The molecule has 1 atom stereocenters. The van der Waals surface area contributed by atoms with Crippen LogP contribution < -0.4 is 0 Å². The van der Waals surface area contributed by atoms with Crippen LogP contribution in [0.25, 0.3) is 0 Å². The zero-order valence-corrected chi connectivity index (χ0v) is 9.71. The second kappa shape index (κ2) is 4.91. The molecule has 0 bridgehead atoms. The number of amides is 2. The van der Waals surface area contributed by atoms with Crippen LogP contribution in [0.5, 0.6) is 0 Å². The number of carboxylic acids is 1. The summed E-state index contributed by atoms with van der Waals surface area (Å²) < 4.78 is 0. The Labute approximate surface area is 99.8 Å². The second-order valence-electron chi connectivity index (χ2n) is 4.70.